The van der Waals surface area contributed by atoms with Gasteiger partial charge in [-0.1, -0.05) is 13.8 Å². The molecule has 0 aliphatic heterocycles. The number of hydrogen-bond acceptors (Lipinski definition) is 2. The van der Waals surface area contributed by atoms with E-state index < -0.39 is 16.6 Å². The summed E-state index contributed by atoms with van der Waals surface area (Å²) in [5, 5.41) is 0. The van der Waals surface area contributed by atoms with Gasteiger partial charge in [0.05, 0.1) is 0 Å². The van der Waals surface area contributed by atoms with E-state index in [1.54, 1.807) is 0 Å². The molecule has 4 heteroatoms. The van der Waals surface area contributed by atoms with Gasteiger partial charge < -0.3 is 8.85 Å². The molecule has 0 radical (unpaired) electrons. The molecule has 0 amide bonds. The summed E-state index contributed by atoms with van der Waals surface area (Å²) < 4.78 is 11.0. The van der Waals surface area contributed by atoms with E-state index >= 15 is 0 Å². The highest BCUT2D eigenvalue weighted by atomic mass is 28.4. The fraction of sp³-hybridized carbons (Fsp3) is 1.00. The van der Waals surface area contributed by atoms with Gasteiger partial charge in [-0.2, -0.15) is 0 Å². The average molecular weight is 265 g/mol. The number of rotatable bonds is 6. The van der Waals surface area contributed by atoms with Crippen molar-refractivity contribution in [1.82, 2.24) is 0 Å². The Balaban J connectivity index is 0. The van der Waals surface area contributed by atoms with E-state index in [1.165, 1.54) is 0 Å². The maximum Gasteiger partial charge on any atom is 0.170 e. The first-order chi connectivity index (χ1) is 7.12. The molecule has 0 unspecified atom stereocenters. The Morgan fingerprint density at radius 1 is 0.688 bits per heavy atom. The van der Waals surface area contributed by atoms with Crippen molar-refractivity contribution >= 4 is 16.6 Å². The van der Waals surface area contributed by atoms with Crippen LogP contribution < -0.4 is 0 Å². The molecule has 0 spiro atoms. The molecule has 0 aliphatic carbocycles. The third-order valence-electron chi connectivity index (χ3n) is 1.31. The van der Waals surface area contributed by atoms with Gasteiger partial charge in [-0.3, -0.25) is 0 Å². The van der Waals surface area contributed by atoms with Gasteiger partial charge in [-0.15, -0.1) is 0 Å². The summed E-state index contributed by atoms with van der Waals surface area (Å²) in [6.45, 7) is 19.5. The van der Waals surface area contributed by atoms with Crippen LogP contribution in [0, 0.1) is 0 Å². The minimum Gasteiger partial charge on any atom is -0.456 e. The van der Waals surface area contributed by atoms with Crippen LogP contribution in [0.25, 0.3) is 0 Å². The molecule has 0 rings (SSSR count). The molecule has 0 atom stereocenters. The van der Waals surface area contributed by atoms with Crippen LogP contribution in [0.2, 0.25) is 39.3 Å². The summed E-state index contributed by atoms with van der Waals surface area (Å²) in [6.07, 6.45) is 2.28. The quantitative estimate of drug-likeness (QED) is 0.519. The second-order valence-corrected chi connectivity index (χ2v) is 15.2. The second kappa shape index (κ2) is 9.39. The molecule has 2 nitrogen and oxygen atoms in total. The molecule has 0 fully saturated rings. The molecule has 100 valence electrons. The topological polar surface area (TPSA) is 18.5 Å². The van der Waals surface area contributed by atoms with E-state index in [4.69, 9.17) is 8.85 Å². The van der Waals surface area contributed by atoms with Crippen molar-refractivity contribution in [2.24, 2.45) is 0 Å². The van der Waals surface area contributed by atoms with E-state index in [-0.39, 0.29) is 0 Å². The molecule has 0 saturated heterocycles. The van der Waals surface area contributed by atoms with Gasteiger partial charge in [-0.25, -0.2) is 0 Å². The van der Waals surface area contributed by atoms with Crippen molar-refractivity contribution in [3.63, 3.8) is 0 Å². The highest BCUT2D eigenvalue weighted by Crippen LogP contribution is 2.12. The van der Waals surface area contributed by atoms with Crippen LogP contribution in [0.5, 0.6) is 0 Å². The third-order valence-corrected chi connectivity index (χ3v) is 6.21. The summed E-state index contributed by atoms with van der Waals surface area (Å²) in [5.74, 6) is 0. The standard InChI is InChI=1S/C6H18OSi2.C6H14O/c1-8(2,3)7-9(4,5)6;1-3-5-7-6-4-2/h1-6H3;3-6H2,1-2H3. The summed E-state index contributed by atoms with van der Waals surface area (Å²) in [7, 11) is -2.46. The molecule has 16 heavy (non-hydrogen) atoms. The largest absolute Gasteiger partial charge is 0.456 e. The van der Waals surface area contributed by atoms with Crippen LogP contribution in [-0.4, -0.2) is 29.8 Å². The lowest BCUT2D eigenvalue weighted by Gasteiger charge is -2.27. The van der Waals surface area contributed by atoms with E-state index in [0.717, 1.165) is 26.1 Å². The molecule has 0 heterocycles. The van der Waals surface area contributed by atoms with Gasteiger partial charge in [0, 0.05) is 13.2 Å². The van der Waals surface area contributed by atoms with Gasteiger partial charge in [-0.05, 0) is 52.1 Å². The zero-order chi connectivity index (χ0) is 13.2. The van der Waals surface area contributed by atoms with Crippen LogP contribution >= 0.6 is 0 Å². The highest BCUT2D eigenvalue weighted by molar-refractivity contribution is 6.83. The van der Waals surface area contributed by atoms with Crippen LogP contribution in [0.1, 0.15) is 26.7 Å². The van der Waals surface area contributed by atoms with E-state index in [9.17, 15) is 0 Å². The predicted molar refractivity (Wildman–Crippen MR) is 79.2 cm³/mol. The maximum absolute atomic E-state index is 5.90. The Morgan fingerprint density at radius 2 is 1.00 bits per heavy atom. The monoisotopic (exact) mass is 264 g/mol. The molecular formula is C12H32O2Si2. The van der Waals surface area contributed by atoms with Crippen LogP contribution in [0.3, 0.4) is 0 Å². The Labute approximate surface area is 105 Å². The number of hydrogen-bond donors (Lipinski definition) is 0. The molecule has 0 bridgehead atoms. The van der Waals surface area contributed by atoms with Crippen molar-refractivity contribution in [2.45, 2.75) is 66.0 Å². The van der Waals surface area contributed by atoms with Gasteiger partial charge in [0.2, 0.25) is 0 Å². The minimum absolute atomic E-state index is 0.924. The second-order valence-electron chi connectivity index (χ2n) is 5.94. The van der Waals surface area contributed by atoms with E-state index in [2.05, 4.69) is 53.1 Å². The van der Waals surface area contributed by atoms with Crippen molar-refractivity contribution in [3.8, 4) is 0 Å². The fourth-order valence-electron chi connectivity index (χ4n) is 1.31. The molecule has 0 aliphatic rings. The first-order valence-electron chi connectivity index (χ1n) is 6.40. The lowest BCUT2D eigenvalue weighted by atomic mass is 10.5. The van der Waals surface area contributed by atoms with Gasteiger partial charge in [0.1, 0.15) is 0 Å². The SMILES string of the molecule is CCCOCCC.C[Si](C)(C)O[Si](C)(C)C. The van der Waals surface area contributed by atoms with Crippen LogP contribution in [0.4, 0.5) is 0 Å². The first kappa shape index (κ1) is 18.7. The zero-order valence-electron chi connectivity index (χ0n) is 12.6. The van der Waals surface area contributed by atoms with Crippen LogP contribution in [-0.2, 0) is 8.85 Å². The molecule has 0 N–H and O–H groups in total. The van der Waals surface area contributed by atoms with Crippen molar-refractivity contribution in [3.05, 3.63) is 0 Å². The van der Waals surface area contributed by atoms with E-state index in [1.807, 2.05) is 0 Å². The molecular weight excluding hydrogens is 232 g/mol. The number of ether oxygens (including phenoxy) is 1. The summed E-state index contributed by atoms with van der Waals surface area (Å²) in [5.41, 5.74) is 0. The molecule has 0 aromatic heterocycles. The molecule has 0 aromatic rings. The van der Waals surface area contributed by atoms with Gasteiger partial charge in [0.15, 0.2) is 16.6 Å². The summed E-state index contributed by atoms with van der Waals surface area (Å²) in [6, 6.07) is 0. The maximum atomic E-state index is 5.90. The van der Waals surface area contributed by atoms with Gasteiger partial charge >= 0.3 is 0 Å². The zero-order valence-corrected chi connectivity index (χ0v) is 14.6. The smallest absolute Gasteiger partial charge is 0.170 e. The molecule has 0 saturated carbocycles. The fourth-order valence-corrected chi connectivity index (χ4v) is 8.66. The van der Waals surface area contributed by atoms with Crippen molar-refractivity contribution in [2.75, 3.05) is 13.2 Å². The Bertz CT molecular complexity index is 132. The summed E-state index contributed by atoms with van der Waals surface area (Å²) in [4.78, 5) is 0. The van der Waals surface area contributed by atoms with E-state index in [0.29, 0.717) is 0 Å². The lowest BCUT2D eigenvalue weighted by molar-refractivity contribution is 0.135. The normalized spacial score (nSPS) is 12.0. The van der Waals surface area contributed by atoms with Gasteiger partial charge in [0.25, 0.3) is 0 Å². The Kier molecular flexibility index (Phi) is 11.0. The Hall–Kier alpha value is 0.354. The van der Waals surface area contributed by atoms with Crippen molar-refractivity contribution < 1.29 is 8.85 Å². The molecule has 0 aromatic carbocycles. The van der Waals surface area contributed by atoms with Crippen molar-refractivity contribution in [1.29, 1.82) is 0 Å². The predicted octanol–water partition coefficient (Wildman–Crippen LogP) is 4.50. The minimum atomic E-state index is -1.23. The lowest BCUT2D eigenvalue weighted by Crippen LogP contribution is -2.39. The first-order valence-corrected chi connectivity index (χ1v) is 13.2. The van der Waals surface area contributed by atoms with Crippen LogP contribution in [0.15, 0.2) is 0 Å². The Morgan fingerprint density at radius 3 is 1.12 bits per heavy atom. The highest BCUT2D eigenvalue weighted by Gasteiger charge is 2.24. The average Bonchev–Trinajstić information content (AvgIpc) is 1.99. The third kappa shape index (κ3) is 23.9. The summed E-state index contributed by atoms with van der Waals surface area (Å²) >= 11 is 0.